The van der Waals surface area contributed by atoms with E-state index in [4.69, 9.17) is 0 Å². The van der Waals surface area contributed by atoms with Crippen LogP contribution in [0.25, 0.3) is 0 Å². The van der Waals surface area contributed by atoms with Crippen molar-refractivity contribution in [3.63, 3.8) is 0 Å². The Labute approximate surface area is 129 Å². The lowest BCUT2D eigenvalue weighted by atomic mass is 10.0. The Hall–Kier alpha value is -1.44. The first kappa shape index (κ1) is 15.9. The van der Waals surface area contributed by atoms with E-state index in [1.54, 1.807) is 19.2 Å². The van der Waals surface area contributed by atoms with Gasteiger partial charge < -0.3 is 5.32 Å². The molecule has 0 atom stereocenters. The van der Waals surface area contributed by atoms with E-state index in [-0.39, 0.29) is 11.4 Å². The SMILES string of the molecule is CNc1nc(CNS(=O)(=O)c2ccc(C(C)C)cc2)cs1. The predicted octanol–water partition coefficient (Wildman–Crippen LogP) is 2.79. The monoisotopic (exact) mass is 325 g/mol. The van der Waals surface area contributed by atoms with Crippen molar-refractivity contribution in [2.45, 2.75) is 31.2 Å². The highest BCUT2D eigenvalue weighted by atomic mass is 32.2. The molecule has 0 saturated carbocycles. The molecule has 0 radical (unpaired) electrons. The summed E-state index contributed by atoms with van der Waals surface area (Å²) < 4.78 is 27.0. The van der Waals surface area contributed by atoms with Crippen LogP contribution < -0.4 is 10.0 Å². The highest BCUT2D eigenvalue weighted by molar-refractivity contribution is 7.89. The fourth-order valence-corrected chi connectivity index (χ4v) is 3.46. The molecule has 0 unspecified atom stereocenters. The normalized spacial score (nSPS) is 11.8. The maximum Gasteiger partial charge on any atom is 0.240 e. The molecule has 2 N–H and O–H groups in total. The van der Waals surface area contributed by atoms with Gasteiger partial charge in [-0.25, -0.2) is 18.1 Å². The van der Waals surface area contributed by atoms with Gasteiger partial charge in [0.25, 0.3) is 0 Å². The number of nitrogens with one attached hydrogen (secondary N) is 2. The highest BCUT2D eigenvalue weighted by Crippen LogP contribution is 2.18. The molecule has 1 aromatic heterocycles. The van der Waals surface area contributed by atoms with Gasteiger partial charge in [0, 0.05) is 12.4 Å². The molecular formula is C14H19N3O2S2. The Morgan fingerprint density at radius 3 is 2.43 bits per heavy atom. The fraction of sp³-hybridized carbons (Fsp3) is 0.357. The number of anilines is 1. The van der Waals surface area contributed by atoms with Crippen molar-refractivity contribution in [2.24, 2.45) is 0 Å². The lowest BCUT2D eigenvalue weighted by Crippen LogP contribution is -2.23. The zero-order valence-corrected chi connectivity index (χ0v) is 13.9. The number of hydrogen-bond acceptors (Lipinski definition) is 5. The summed E-state index contributed by atoms with van der Waals surface area (Å²) in [6.07, 6.45) is 0. The highest BCUT2D eigenvalue weighted by Gasteiger charge is 2.14. The van der Waals surface area contributed by atoms with Crippen LogP contribution in [0.3, 0.4) is 0 Å². The summed E-state index contributed by atoms with van der Waals surface area (Å²) in [5, 5.41) is 5.52. The number of rotatable bonds is 6. The van der Waals surface area contributed by atoms with Crippen LogP contribution >= 0.6 is 11.3 Å². The minimum Gasteiger partial charge on any atom is -0.365 e. The number of sulfonamides is 1. The van der Waals surface area contributed by atoms with Crippen LogP contribution in [-0.4, -0.2) is 20.4 Å². The molecule has 21 heavy (non-hydrogen) atoms. The van der Waals surface area contributed by atoms with Crippen molar-refractivity contribution in [3.05, 3.63) is 40.9 Å². The standard InChI is InChI=1S/C14H19N3O2S2/c1-10(2)11-4-6-13(7-5-11)21(18,19)16-8-12-9-20-14(15-3)17-12/h4-7,9-10,16H,8H2,1-3H3,(H,15,17). The van der Waals surface area contributed by atoms with Gasteiger partial charge in [-0.2, -0.15) is 0 Å². The van der Waals surface area contributed by atoms with Crippen LogP contribution in [-0.2, 0) is 16.6 Å². The first-order chi connectivity index (χ1) is 9.92. The van der Waals surface area contributed by atoms with E-state index in [1.165, 1.54) is 11.3 Å². The maximum atomic E-state index is 12.2. The molecule has 0 bridgehead atoms. The van der Waals surface area contributed by atoms with E-state index in [0.29, 0.717) is 11.6 Å². The molecule has 114 valence electrons. The topological polar surface area (TPSA) is 71.1 Å². The van der Waals surface area contributed by atoms with Gasteiger partial charge in [-0.05, 0) is 23.6 Å². The largest absolute Gasteiger partial charge is 0.365 e. The Bertz CT molecular complexity index is 691. The molecule has 0 aliphatic rings. The smallest absolute Gasteiger partial charge is 0.240 e. The Morgan fingerprint density at radius 2 is 1.90 bits per heavy atom. The summed E-state index contributed by atoms with van der Waals surface area (Å²) in [6, 6.07) is 6.97. The van der Waals surface area contributed by atoms with Crippen molar-refractivity contribution in [3.8, 4) is 0 Å². The molecule has 1 heterocycles. The van der Waals surface area contributed by atoms with Crippen LogP contribution in [0.1, 0.15) is 31.0 Å². The average molecular weight is 325 g/mol. The molecule has 1 aromatic carbocycles. The van der Waals surface area contributed by atoms with Crippen molar-refractivity contribution in [1.82, 2.24) is 9.71 Å². The molecule has 2 aromatic rings. The van der Waals surface area contributed by atoms with Gasteiger partial charge >= 0.3 is 0 Å². The fourth-order valence-electron chi connectivity index (χ4n) is 1.79. The molecule has 0 aliphatic carbocycles. The van der Waals surface area contributed by atoms with Gasteiger partial charge in [0.05, 0.1) is 17.1 Å². The summed E-state index contributed by atoms with van der Waals surface area (Å²) >= 11 is 1.44. The summed E-state index contributed by atoms with van der Waals surface area (Å²) in [7, 11) is -1.72. The van der Waals surface area contributed by atoms with Gasteiger partial charge in [0.2, 0.25) is 10.0 Å². The minimum absolute atomic E-state index is 0.187. The maximum absolute atomic E-state index is 12.2. The summed E-state index contributed by atoms with van der Waals surface area (Å²) in [5.74, 6) is 0.379. The second-order valence-electron chi connectivity index (χ2n) is 4.94. The average Bonchev–Trinajstić information content (AvgIpc) is 2.93. The van der Waals surface area contributed by atoms with E-state index in [2.05, 4.69) is 28.9 Å². The molecular weight excluding hydrogens is 306 g/mol. The quantitative estimate of drug-likeness (QED) is 0.857. The molecule has 0 fully saturated rings. The molecule has 0 aliphatic heterocycles. The second kappa shape index (κ2) is 6.55. The number of benzene rings is 1. The van der Waals surface area contributed by atoms with E-state index >= 15 is 0 Å². The van der Waals surface area contributed by atoms with Gasteiger partial charge in [0.1, 0.15) is 0 Å². The van der Waals surface area contributed by atoms with Gasteiger partial charge in [-0.15, -0.1) is 11.3 Å². The number of aromatic nitrogens is 1. The third-order valence-electron chi connectivity index (χ3n) is 3.07. The van der Waals surface area contributed by atoms with Crippen LogP contribution in [0, 0.1) is 0 Å². The third-order valence-corrected chi connectivity index (χ3v) is 5.39. The Kier molecular flexibility index (Phi) is 4.97. The van der Waals surface area contributed by atoms with Crippen molar-refractivity contribution in [2.75, 3.05) is 12.4 Å². The molecule has 5 nitrogen and oxygen atoms in total. The first-order valence-electron chi connectivity index (χ1n) is 6.64. The summed E-state index contributed by atoms with van der Waals surface area (Å²) in [4.78, 5) is 4.52. The molecule has 7 heteroatoms. The summed E-state index contributed by atoms with van der Waals surface area (Å²) in [5.41, 5.74) is 1.82. The van der Waals surface area contributed by atoms with Crippen molar-refractivity contribution >= 4 is 26.5 Å². The minimum atomic E-state index is -3.50. The van der Waals surface area contributed by atoms with Gasteiger partial charge in [0.15, 0.2) is 5.13 Å². The number of hydrogen-bond donors (Lipinski definition) is 2. The Balaban J connectivity index is 2.07. The first-order valence-corrected chi connectivity index (χ1v) is 9.00. The summed E-state index contributed by atoms with van der Waals surface area (Å²) in [6.45, 7) is 4.33. The van der Waals surface area contributed by atoms with Crippen LogP contribution in [0.15, 0.2) is 34.5 Å². The molecule has 2 rings (SSSR count). The predicted molar refractivity (Wildman–Crippen MR) is 86.2 cm³/mol. The number of thiazole rings is 1. The van der Waals surface area contributed by atoms with E-state index in [1.807, 2.05) is 17.5 Å². The lowest BCUT2D eigenvalue weighted by Gasteiger charge is -2.08. The van der Waals surface area contributed by atoms with Crippen LogP contribution in [0.4, 0.5) is 5.13 Å². The van der Waals surface area contributed by atoms with Crippen LogP contribution in [0.5, 0.6) is 0 Å². The third kappa shape index (κ3) is 4.03. The number of nitrogens with zero attached hydrogens (tertiary/aromatic N) is 1. The zero-order valence-electron chi connectivity index (χ0n) is 12.3. The molecule has 0 saturated heterocycles. The van der Waals surface area contributed by atoms with Crippen molar-refractivity contribution in [1.29, 1.82) is 0 Å². The van der Waals surface area contributed by atoms with E-state index < -0.39 is 10.0 Å². The molecule has 0 spiro atoms. The van der Waals surface area contributed by atoms with E-state index in [9.17, 15) is 8.42 Å². The Morgan fingerprint density at radius 1 is 1.24 bits per heavy atom. The zero-order chi connectivity index (χ0) is 15.5. The van der Waals surface area contributed by atoms with Crippen LogP contribution in [0.2, 0.25) is 0 Å². The van der Waals surface area contributed by atoms with E-state index in [0.717, 1.165) is 10.7 Å². The molecule has 0 amide bonds. The second-order valence-corrected chi connectivity index (χ2v) is 7.57. The lowest BCUT2D eigenvalue weighted by molar-refractivity contribution is 0.580. The van der Waals surface area contributed by atoms with Crippen molar-refractivity contribution < 1.29 is 8.42 Å². The van der Waals surface area contributed by atoms with Gasteiger partial charge in [-0.3, -0.25) is 0 Å². The van der Waals surface area contributed by atoms with Gasteiger partial charge in [-0.1, -0.05) is 26.0 Å².